The highest BCUT2D eigenvalue weighted by Crippen LogP contribution is 2.18. The summed E-state index contributed by atoms with van der Waals surface area (Å²) in [7, 11) is 0. The van der Waals surface area contributed by atoms with Crippen molar-refractivity contribution in [1.29, 1.82) is 0 Å². The van der Waals surface area contributed by atoms with E-state index in [0.29, 0.717) is 29.1 Å². The summed E-state index contributed by atoms with van der Waals surface area (Å²) in [5.41, 5.74) is 0.608. The van der Waals surface area contributed by atoms with E-state index < -0.39 is 6.10 Å². The predicted octanol–water partition coefficient (Wildman–Crippen LogP) is 2.56. The largest absolute Gasteiger partial charge is 0.494 e. The van der Waals surface area contributed by atoms with E-state index in [9.17, 15) is 14.3 Å². The number of benzene rings is 2. The third-order valence-electron chi connectivity index (χ3n) is 4.61. The fourth-order valence-corrected chi connectivity index (χ4v) is 3.12. The van der Waals surface area contributed by atoms with E-state index >= 15 is 0 Å². The molecule has 0 fully saturated rings. The Labute approximate surface area is 177 Å². The van der Waals surface area contributed by atoms with Crippen LogP contribution in [0.1, 0.15) is 6.92 Å². The molecular weight excluding hydrogens is 403 g/mol. The molecule has 1 N–H and O–H groups in total. The molecule has 0 saturated carbocycles. The van der Waals surface area contributed by atoms with Crippen LogP contribution in [0.25, 0.3) is 16.7 Å². The van der Waals surface area contributed by atoms with Gasteiger partial charge in [-0.2, -0.15) is 5.10 Å². The standard InChI is InChI=1S/C22H21FN4O4/c1-2-30-18-7-9-19(10-8-18)31-13-17(28)12-26-14-24-21-20(22(26)29)11-25-27(21)16-5-3-15(23)4-6-16/h3-11,14,17,28H,2,12-13H2,1H3. The normalized spacial score (nSPS) is 12.1. The third-order valence-corrected chi connectivity index (χ3v) is 4.61. The van der Waals surface area contributed by atoms with Crippen molar-refractivity contribution in [2.45, 2.75) is 19.6 Å². The van der Waals surface area contributed by atoms with E-state index in [1.165, 1.54) is 33.9 Å². The number of aliphatic hydroxyl groups excluding tert-OH is 1. The van der Waals surface area contributed by atoms with Gasteiger partial charge in [0.15, 0.2) is 5.65 Å². The smallest absolute Gasteiger partial charge is 0.264 e. The SMILES string of the molecule is CCOc1ccc(OCC(O)Cn2cnc3c(cnn3-c3ccc(F)cc3)c2=O)cc1. The summed E-state index contributed by atoms with van der Waals surface area (Å²) in [4.78, 5) is 17.1. The average Bonchev–Trinajstić information content (AvgIpc) is 3.21. The topological polar surface area (TPSA) is 91.4 Å². The van der Waals surface area contributed by atoms with Crippen molar-refractivity contribution in [1.82, 2.24) is 19.3 Å². The van der Waals surface area contributed by atoms with Gasteiger partial charge in [-0.05, 0) is 55.5 Å². The second kappa shape index (κ2) is 8.97. The third kappa shape index (κ3) is 4.56. The van der Waals surface area contributed by atoms with Gasteiger partial charge in [-0.3, -0.25) is 9.36 Å². The monoisotopic (exact) mass is 424 g/mol. The number of hydrogen-bond donors (Lipinski definition) is 1. The number of rotatable bonds is 8. The Morgan fingerprint density at radius 3 is 2.42 bits per heavy atom. The zero-order valence-electron chi connectivity index (χ0n) is 16.8. The van der Waals surface area contributed by atoms with E-state index in [4.69, 9.17) is 9.47 Å². The molecule has 4 aromatic rings. The minimum absolute atomic E-state index is 0.00724. The minimum atomic E-state index is -0.921. The maximum absolute atomic E-state index is 13.2. The molecule has 0 aliphatic heterocycles. The van der Waals surface area contributed by atoms with Gasteiger partial charge in [0.1, 0.15) is 41.7 Å². The van der Waals surface area contributed by atoms with Gasteiger partial charge in [-0.15, -0.1) is 0 Å². The van der Waals surface area contributed by atoms with Crippen LogP contribution in [0.5, 0.6) is 11.5 Å². The van der Waals surface area contributed by atoms with Gasteiger partial charge in [-0.1, -0.05) is 0 Å². The van der Waals surface area contributed by atoms with Crippen molar-refractivity contribution >= 4 is 11.0 Å². The summed E-state index contributed by atoms with van der Waals surface area (Å²) in [5.74, 6) is 0.962. The molecule has 160 valence electrons. The summed E-state index contributed by atoms with van der Waals surface area (Å²) in [5, 5.41) is 14.8. The molecule has 9 heteroatoms. The molecule has 0 spiro atoms. The molecule has 2 aromatic heterocycles. The summed E-state index contributed by atoms with van der Waals surface area (Å²) < 4.78 is 26.9. The van der Waals surface area contributed by atoms with Gasteiger partial charge < -0.3 is 14.6 Å². The maximum atomic E-state index is 13.2. The van der Waals surface area contributed by atoms with Crippen LogP contribution in [0.15, 0.2) is 65.8 Å². The van der Waals surface area contributed by atoms with E-state index in [1.54, 1.807) is 36.4 Å². The molecule has 4 rings (SSSR count). The maximum Gasteiger partial charge on any atom is 0.264 e. The lowest BCUT2D eigenvalue weighted by atomic mass is 10.3. The van der Waals surface area contributed by atoms with Crippen LogP contribution in [0, 0.1) is 5.82 Å². The minimum Gasteiger partial charge on any atom is -0.494 e. The Morgan fingerprint density at radius 2 is 1.74 bits per heavy atom. The first kappa shape index (κ1) is 20.5. The van der Waals surface area contributed by atoms with Crippen molar-refractivity contribution in [3.8, 4) is 17.2 Å². The Bertz CT molecular complexity index is 1220. The molecule has 0 radical (unpaired) electrons. The van der Waals surface area contributed by atoms with Crippen LogP contribution < -0.4 is 15.0 Å². The lowest BCUT2D eigenvalue weighted by Crippen LogP contribution is -2.30. The molecule has 0 aliphatic rings. The quantitative estimate of drug-likeness (QED) is 0.468. The second-order valence-corrected chi connectivity index (χ2v) is 6.84. The molecule has 1 atom stereocenters. The van der Waals surface area contributed by atoms with Crippen LogP contribution in [0.2, 0.25) is 0 Å². The summed E-state index contributed by atoms with van der Waals surface area (Å²) in [6.07, 6.45) is 1.84. The van der Waals surface area contributed by atoms with Crippen molar-refractivity contribution in [3.63, 3.8) is 0 Å². The van der Waals surface area contributed by atoms with Crippen LogP contribution in [0.4, 0.5) is 4.39 Å². The summed E-state index contributed by atoms with van der Waals surface area (Å²) in [6.45, 7) is 2.51. The van der Waals surface area contributed by atoms with Crippen molar-refractivity contribution in [2.24, 2.45) is 0 Å². The Hall–Kier alpha value is -3.72. The van der Waals surface area contributed by atoms with Crippen LogP contribution >= 0.6 is 0 Å². The fraction of sp³-hybridized carbons (Fsp3) is 0.227. The molecule has 2 aromatic carbocycles. The molecule has 8 nitrogen and oxygen atoms in total. The lowest BCUT2D eigenvalue weighted by molar-refractivity contribution is 0.0914. The second-order valence-electron chi connectivity index (χ2n) is 6.84. The molecule has 1 unspecified atom stereocenters. The molecule has 2 heterocycles. The van der Waals surface area contributed by atoms with Gasteiger partial charge in [0.25, 0.3) is 5.56 Å². The van der Waals surface area contributed by atoms with E-state index in [0.717, 1.165) is 5.75 Å². The van der Waals surface area contributed by atoms with Crippen LogP contribution in [-0.2, 0) is 6.54 Å². The van der Waals surface area contributed by atoms with Gasteiger partial charge in [0, 0.05) is 0 Å². The first-order valence-electron chi connectivity index (χ1n) is 9.78. The van der Waals surface area contributed by atoms with Crippen LogP contribution in [0.3, 0.4) is 0 Å². The van der Waals surface area contributed by atoms with E-state index in [-0.39, 0.29) is 24.5 Å². The zero-order valence-corrected chi connectivity index (χ0v) is 16.8. The highest BCUT2D eigenvalue weighted by Gasteiger charge is 2.14. The lowest BCUT2D eigenvalue weighted by Gasteiger charge is -2.14. The average molecular weight is 424 g/mol. The Kier molecular flexibility index (Phi) is 5.94. The Morgan fingerprint density at radius 1 is 1.06 bits per heavy atom. The van der Waals surface area contributed by atoms with Crippen molar-refractivity contribution < 1.29 is 19.0 Å². The molecule has 31 heavy (non-hydrogen) atoms. The number of hydrogen-bond acceptors (Lipinski definition) is 6. The van der Waals surface area contributed by atoms with E-state index in [2.05, 4.69) is 10.1 Å². The molecule has 0 amide bonds. The van der Waals surface area contributed by atoms with Crippen molar-refractivity contribution in [2.75, 3.05) is 13.2 Å². The summed E-state index contributed by atoms with van der Waals surface area (Å²) in [6, 6.07) is 12.8. The van der Waals surface area contributed by atoms with Gasteiger partial charge in [0.2, 0.25) is 0 Å². The molecule has 0 aliphatic carbocycles. The number of fused-ring (bicyclic) bond motifs is 1. The highest BCUT2D eigenvalue weighted by atomic mass is 19.1. The molecule has 0 saturated heterocycles. The number of aromatic nitrogens is 4. The number of nitrogens with zero attached hydrogens (tertiary/aromatic N) is 4. The highest BCUT2D eigenvalue weighted by molar-refractivity contribution is 5.74. The first-order chi connectivity index (χ1) is 15.0. The van der Waals surface area contributed by atoms with Gasteiger partial charge in [0.05, 0.1) is 25.0 Å². The van der Waals surface area contributed by atoms with Crippen LogP contribution in [-0.4, -0.2) is 43.8 Å². The number of halogens is 1. The molecule has 0 bridgehead atoms. The molecular formula is C22H21FN4O4. The number of aliphatic hydroxyl groups is 1. The zero-order chi connectivity index (χ0) is 21.8. The van der Waals surface area contributed by atoms with E-state index in [1.807, 2.05) is 6.92 Å². The Balaban J connectivity index is 1.45. The fourth-order valence-electron chi connectivity index (χ4n) is 3.12. The van der Waals surface area contributed by atoms with Crippen molar-refractivity contribution in [3.05, 3.63) is 77.2 Å². The van der Waals surface area contributed by atoms with Gasteiger partial charge >= 0.3 is 0 Å². The summed E-state index contributed by atoms with van der Waals surface area (Å²) >= 11 is 0. The van der Waals surface area contributed by atoms with Gasteiger partial charge in [-0.25, -0.2) is 14.1 Å². The predicted molar refractivity (Wildman–Crippen MR) is 112 cm³/mol. The first-order valence-corrected chi connectivity index (χ1v) is 9.78. The number of ether oxygens (including phenoxy) is 2.